The van der Waals surface area contributed by atoms with Crippen molar-refractivity contribution < 1.29 is 14.3 Å². The van der Waals surface area contributed by atoms with Crippen LogP contribution in [0.25, 0.3) is 10.9 Å². The first-order chi connectivity index (χ1) is 17.9. The van der Waals surface area contributed by atoms with Crippen LogP contribution in [0.15, 0.2) is 30.5 Å². The molecule has 2 amide bonds. The number of unbranched alkanes of at least 4 members (excludes halogenated alkanes) is 2. The second-order valence-electron chi connectivity index (χ2n) is 9.47. The van der Waals surface area contributed by atoms with Crippen LogP contribution in [0.1, 0.15) is 58.3 Å². The van der Waals surface area contributed by atoms with E-state index in [1.54, 1.807) is 13.3 Å². The lowest BCUT2D eigenvalue weighted by atomic mass is 10.1. The predicted molar refractivity (Wildman–Crippen MR) is 149 cm³/mol. The molecular weight excluding hydrogens is 470 g/mol. The van der Waals surface area contributed by atoms with Crippen LogP contribution in [0.5, 0.6) is 5.75 Å². The number of nitrogens with one attached hydrogen (secondary N) is 3. The van der Waals surface area contributed by atoms with Gasteiger partial charge in [0.2, 0.25) is 11.8 Å². The van der Waals surface area contributed by atoms with Crippen molar-refractivity contribution in [1.82, 2.24) is 15.6 Å². The summed E-state index contributed by atoms with van der Waals surface area (Å²) < 4.78 is 5.43. The molecule has 0 bridgehead atoms. The average molecular weight is 516 g/mol. The molecule has 0 spiro atoms. The molecule has 1 aromatic carbocycles. The van der Waals surface area contributed by atoms with Crippen molar-refractivity contribution in [1.29, 1.82) is 0 Å². The van der Waals surface area contributed by atoms with Crippen LogP contribution in [-0.4, -0.2) is 61.7 Å². The van der Waals surface area contributed by atoms with Gasteiger partial charge < -0.3 is 37.9 Å². The SMILES string of the molecule is COc1cc(NC(C)CCCNC(=O)[C@H](CCCCN)NC(=O)[C@@H](N)CCCCN)c2ncccc2c1. The van der Waals surface area contributed by atoms with E-state index in [-0.39, 0.29) is 17.9 Å². The highest BCUT2D eigenvalue weighted by atomic mass is 16.5. The third-order valence-electron chi connectivity index (χ3n) is 6.32. The summed E-state index contributed by atoms with van der Waals surface area (Å²) >= 11 is 0. The predicted octanol–water partition coefficient (Wildman–Crippen LogP) is 2.01. The van der Waals surface area contributed by atoms with Gasteiger partial charge in [-0.2, -0.15) is 0 Å². The van der Waals surface area contributed by atoms with E-state index in [0.29, 0.717) is 32.5 Å². The minimum absolute atomic E-state index is 0.154. The molecule has 0 saturated carbocycles. The Morgan fingerprint density at radius 1 is 1.00 bits per heavy atom. The van der Waals surface area contributed by atoms with E-state index in [0.717, 1.165) is 60.9 Å². The molecule has 0 aliphatic rings. The number of benzene rings is 1. The quantitative estimate of drug-likeness (QED) is 0.164. The largest absolute Gasteiger partial charge is 0.497 e. The fourth-order valence-electron chi connectivity index (χ4n) is 4.15. The minimum Gasteiger partial charge on any atom is -0.497 e. The number of hydrogen-bond donors (Lipinski definition) is 6. The minimum atomic E-state index is -0.648. The Kier molecular flexibility index (Phi) is 13.7. The smallest absolute Gasteiger partial charge is 0.242 e. The maximum absolute atomic E-state index is 12.9. The molecule has 3 atom stereocenters. The number of amides is 2. The second kappa shape index (κ2) is 16.7. The standard InChI is InChI=1S/C27H45N7O3/c1-19(33-24-18-21(37-2)17-20-10-8-15-31-25(20)24)9-7-16-32-27(36)23(12-4-6-14-29)34-26(35)22(30)11-3-5-13-28/h8,10,15,17-19,22-23,33H,3-7,9,11-14,16,28-30H2,1-2H3,(H,32,36)(H,34,35)/t19?,22-,23-/m0/s1. The van der Waals surface area contributed by atoms with Gasteiger partial charge in [0.15, 0.2) is 0 Å². The Morgan fingerprint density at radius 3 is 2.43 bits per heavy atom. The number of nitrogens with two attached hydrogens (primary N) is 3. The summed E-state index contributed by atoms with van der Waals surface area (Å²) in [6.45, 7) is 3.72. The van der Waals surface area contributed by atoms with Gasteiger partial charge in [-0.05, 0) is 77.1 Å². The molecule has 37 heavy (non-hydrogen) atoms. The van der Waals surface area contributed by atoms with Gasteiger partial charge in [0.05, 0.1) is 24.4 Å². The lowest BCUT2D eigenvalue weighted by molar-refractivity contribution is -0.129. The van der Waals surface area contributed by atoms with Crippen LogP contribution in [0.2, 0.25) is 0 Å². The van der Waals surface area contributed by atoms with Crippen molar-refractivity contribution in [2.75, 3.05) is 32.1 Å². The molecule has 0 aliphatic carbocycles. The number of ether oxygens (including phenoxy) is 1. The monoisotopic (exact) mass is 515 g/mol. The first-order valence-electron chi connectivity index (χ1n) is 13.3. The summed E-state index contributed by atoms with van der Waals surface area (Å²) in [6, 6.07) is 6.70. The van der Waals surface area contributed by atoms with Crippen molar-refractivity contribution in [2.24, 2.45) is 17.2 Å². The highest BCUT2D eigenvalue weighted by Gasteiger charge is 2.23. The number of aromatic nitrogens is 1. The number of anilines is 1. The summed E-state index contributed by atoms with van der Waals surface area (Å²) in [5, 5.41) is 10.3. The topological polar surface area (TPSA) is 170 Å². The summed E-state index contributed by atoms with van der Waals surface area (Å²) in [5.74, 6) is 0.272. The molecule has 9 N–H and O–H groups in total. The Bertz CT molecular complexity index is 972. The van der Waals surface area contributed by atoms with Crippen LogP contribution in [-0.2, 0) is 9.59 Å². The van der Waals surface area contributed by atoms with E-state index in [2.05, 4.69) is 27.9 Å². The number of methoxy groups -OCH3 is 1. The highest BCUT2D eigenvalue weighted by Crippen LogP contribution is 2.28. The Balaban J connectivity index is 1.85. The Labute approximate surface area is 220 Å². The lowest BCUT2D eigenvalue weighted by Crippen LogP contribution is -2.51. The molecule has 10 nitrogen and oxygen atoms in total. The summed E-state index contributed by atoms with van der Waals surface area (Å²) in [4.78, 5) is 29.9. The molecule has 1 aromatic heterocycles. The number of fused-ring (bicyclic) bond motifs is 1. The molecule has 0 aliphatic heterocycles. The van der Waals surface area contributed by atoms with Gasteiger partial charge in [-0.3, -0.25) is 14.6 Å². The van der Waals surface area contributed by atoms with Crippen LogP contribution < -0.4 is 37.9 Å². The van der Waals surface area contributed by atoms with E-state index < -0.39 is 12.1 Å². The number of carbonyl (C=O) groups excluding carboxylic acids is 2. The Morgan fingerprint density at radius 2 is 1.73 bits per heavy atom. The number of hydrogen-bond acceptors (Lipinski definition) is 8. The van der Waals surface area contributed by atoms with Crippen molar-refractivity contribution >= 4 is 28.4 Å². The van der Waals surface area contributed by atoms with E-state index >= 15 is 0 Å². The highest BCUT2D eigenvalue weighted by molar-refractivity contribution is 5.92. The molecule has 2 rings (SSSR count). The van der Waals surface area contributed by atoms with Crippen LogP contribution in [0, 0.1) is 0 Å². The van der Waals surface area contributed by atoms with Gasteiger partial charge in [-0.15, -0.1) is 0 Å². The molecular formula is C27H45N7O3. The van der Waals surface area contributed by atoms with E-state index in [1.165, 1.54) is 0 Å². The molecule has 0 fully saturated rings. The third-order valence-corrected chi connectivity index (χ3v) is 6.32. The van der Waals surface area contributed by atoms with Gasteiger partial charge in [0.1, 0.15) is 11.8 Å². The molecule has 1 unspecified atom stereocenters. The van der Waals surface area contributed by atoms with Gasteiger partial charge in [0.25, 0.3) is 0 Å². The van der Waals surface area contributed by atoms with E-state index in [9.17, 15) is 9.59 Å². The molecule has 0 radical (unpaired) electrons. The zero-order valence-electron chi connectivity index (χ0n) is 22.3. The number of pyridine rings is 1. The molecule has 0 saturated heterocycles. The average Bonchev–Trinajstić information content (AvgIpc) is 2.90. The number of rotatable bonds is 18. The van der Waals surface area contributed by atoms with E-state index in [4.69, 9.17) is 21.9 Å². The molecule has 10 heteroatoms. The number of nitrogens with zero attached hydrogens (tertiary/aromatic N) is 1. The summed E-state index contributed by atoms with van der Waals surface area (Å²) in [6.07, 6.45) is 7.60. The normalized spacial score (nSPS) is 13.5. The zero-order chi connectivity index (χ0) is 27.0. The van der Waals surface area contributed by atoms with E-state index in [1.807, 2.05) is 24.3 Å². The first-order valence-corrected chi connectivity index (χ1v) is 13.3. The molecule has 2 aromatic rings. The van der Waals surface area contributed by atoms with Gasteiger partial charge in [-0.1, -0.05) is 12.5 Å². The summed E-state index contributed by atoms with van der Waals surface area (Å²) in [7, 11) is 1.65. The maximum atomic E-state index is 12.9. The fourth-order valence-corrected chi connectivity index (χ4v) is 4.15. The Hall–Kier alpha value is -2.95. The zero-order valence-corrected chi connectivity index (χ0v) is 22.3. The number of carbonyl (C=O) groups is 2. The molecule has 1 heterocycles. The van der Waals surface area contributed by atoms with Gasteiger partial charge in [0, 0.05) is 30.2 Å². The fraction of sp³-hybridized carbons (Fsp3) is 0.593. The summed E-state index contributed by atoms with van der Waals surface area (Å²) in [5.41, 5.74) is 18.9. The van der Waals surface area contributed by atoms with Crippen LogP contribution in [0.4, 0.5) is 5.69 Å². The van der Waals surface area contributed by atoms with Gasteiger partial charge in [-0.25, -0.2) is 0 Å². The third kappa shape index (κ3) is 10.5. The van der Waals surface area contributed by atoms with Crippen molar-refractivity contribution in [3.8, 4) is 5.75 Å². The van der Waals surface area contributed by atoms with Crippen molar-refractivity contribution in [3.63, 3.8) is 0 Å². The first kappa shape index (κ1) is 30.3. The van der Waals surface area contributed by atoms with Gasteiger partial charge >= 0.3 is 0 Å². The van der Waals surface area contributed by atoms with Crippen molar-refractivity contribution in [3.05, 3.63) is 30.5 Å². The van der Waals surface area contributed by atoms with Crippen LogP contribution >= 0.6 is 0 Å². The van der Waals surface area contributed by atoms with Crippen LogP contribution in [0.3, 0.4) is 0 Å². The maximum Gasteiger partial charge on any atom is 0.242 e. The molecule has 206 valence electrons. The van der Waals surface area contributed by atoms with Crippen molar-refractivity contribution in [2.45, 2.75) is 76.4 Å². The second-order valence-corrected chi connectivity index (χ2v) is 9.47. The lowest BCUT2D eigenvalue weighted by Gasteiger charge is -2.21.